The molecule has 2 saturated heterocycles. The van der Waals surface area contributed by atoms with E-state index in [2.05, 4.69) is 22.1 Å². The Kier molecular flexibility index (Phi) is 5.68. The average Bonchev–Trinajstić information content (AvgIpc) is 2.60. The van der Waals surface area contributed by atoms with Gasteiger partial charge in [0.2, 0.25) is 0 Å². The van der Waals surface area contributed by atoms with Crippen LogP contribution in [0.5, 0.6) is 0 Å². The number of piperazine rings is 1. The van der Waals surface area contributed by atoms with Crippen molar-refractivity contribution in [1.29, 1.82) is 0 Å². The lowest BCUT2D eigenvalue weighted by Gasteiger charge is -2.44. The fourth-order valence-corrected chi connectivity index (χ4v) is 3.63. The quantitative estimate of drug-likeness (QED) is 0.917. The van der Waals surface area contributed by atoms with Crippen molar-refractivity contribution in [3.8, 4) is 0 Å². The van der Waals surface area contributed by atoms with Crippen LogP contribution in [0.3, 0.4) is 0 Å². The van der Waals surface area contributed by atoms with Crippen LogP contribution in [0.1, 0.15) is 31.0 Å². The normalized spacial score (nSPS) is 23.2. The SMILES string of the molecule is Cc1ccnc(CNC(=O)N2CCN(C3CCOCC3)C[C@@H]2C)c1. The molecule has 2 amide bonds. The number of hydrogen-bond donors (Lipinski definition) is 1. The van der Waals surface area contributed by atoms with Crippen LogP contribution >= 0.6 is 0 Å². The Morgan fingerprint density at radius 1 is 1.38 bits per heavy atom. The van der Waals surface area contributed by atoms with E-state index in [4.69, 9.17) is 4.74 Å². The van der Waals surface area contributed by atoms with Gasteiger partial charge in [0.1, 0.15) is 0 Å². The van der Waals surface area contributed by atoms with Crippen molar-refractivity contribution in [1.82, 2.24) is 20.1 Å². The van der Waals surface area contributed by atoms with Crippen LogP contribution < -0.4 is 5.32 Å². The fourth-order valence-electron chi connectivity index (χ4n) is 3.63. The third-order valence-electron chi connectivity index (χ3n) is 5.02. The molecule has 0 bridgehead atoms. The van der Waals surface area contributed by atoms with Crippen molar-refractivity contribution in [2.75, 3.05) is 32.8 Å². The predicted octanol–water partition coefficient (Wildman–Crippen LogP) is 1.78. The van der Waals surface area contributed by atoms with Crippen LogP contribution in [0.4, 0.5) is 4.79 Å². The van der Waals surface area contributed by atoms with Gasteiger partial charge in [-0.1, -0.05) is 0 Å². The first-order chi connectivity index (χ1) is 11.6. The molecule has 3 rings (SSSR count). The number of hydrogen-bond acceptors (Lipinski definition) is 4. The molecule has 1 aromatic rings. The molecule has 3 heterocycles. The lowest BCUT2D eigenvalue weighted by molar-refractivity contribution is 0.00699. The van der Waals surface area contributed by atoms with E-state index >= 15 is 0 Å². The van der Waals surface area contributed by atoms with Crippen molar-refractivity contribution >= 4 is 6.03 Å². The highest BCUT2D eigenvalue weighted by atomic mass is 16.5. The fraction of sp³-hybridized carbons (Fsp3) is 0.667. The van der Waals surface area contributed by atoms with E-state index in [-0.39, 0.29) is 12.1 Å². The molecule has 1 N–H and O–H groups in total. The Balaban J connectivity index is 1.49. The summed E-state index contributed by atoms with van der Waals surface area (Å²) in [5, 5.41) is 3.01. The van der Waals surface area contributed by atoms with Gasteiger partial charge in [-0.25, -0.2) is 4.79 Å². The molecule has 24 heavy (non-hydrogen) atoms. The highest BCUT2D eigenvalue weighted by molar-refractivity contribution is 5.74. The highest BCUT2D eigenvalue weighted by Gasteiger charge is 2.31. The number of aryl methyl sites for hydroxylation is 1. The number of carbonyl (C=O) groups is 1. The first kappa shape index (κ1) is 17.2. The minimum absolute atomic E-state index is 0.0115. The number of aromatic nitrogens is 1. The zero-order valence-corrected chi connectivity index (χ0v) is 14.7. The van der Waals surface area contributed by atoms with Crippen LogP contribution in [0, 0.1) is 6.92 Å². The largest absolute Gasteiger partial charge is 0.381 e. The van der Waals surface area contributed by atoms with Gasteiger partial charge < -0.3 is 15.0 Å². The number of rotatable bonds is 3. The maximum atomic E-state index is 12.5. The minimum Gasteiger partial charge on any atom is -0.381 e. The predicted molar refractivity (Wildman–Crippen MR) is 92.8 cm³/mol. The zero-order chi connectivity index (χ0) is 16.9. The van der Waals surface area contributed by atoms with Crippen molar-refractivity contribution in [3.63, 3.8) is 0 Å². The molecule has 6 heteroatoms. The third-order valence-corrected chi connectivity index (χ3v) is 5.02. The highest BCUT2D eigenvalue weighted by Crippen LogP contribution is 2.19. The second kappa shape index (κ2) is 7.94. The summed E-state index contributed by atoms with van der Waals surface area (Å²) < 4.78 is 5.45. The molecule has 0 spiro atoms. The second-order valence-corrected chi connectivity index (χ2v) is 6.86. The van der Waals surface area contributed by atoms with E-state index in [1.165, 1.54) is 0 Å². The molecular weight excluding hydrogens is 304 g/mol. The molecule has 1 aromatic heterocycles. The number of urea groups is 1. The maximum Gasteiger partial charge on any atom is 0.318 e. The molecule has 0 aromatic carbocycles. The Hall–Kier alpha value is -1.66. The first-order valence-electron chi connectivity index (χ1n) is 8.91. The van der Waals surface area contributed by atoms with Gasteiger partial charge in [-0.05, 0) is 44.4 Å². The average molecular weight is 332 g/mol. The standard InChI is InChI=1S/C18H28N4O2/c1-14-3-6-19-16(11-14)12-20-18(23)22-8-7-21(13-15(22)2)17-4-9-24-10-5-17/h3,6,11,15,17H,4-5,7-10,12-13H2,1-2H3,(H,20,23)/t15-/m0/s1. The van der Waals surface area contributed by atoms with Crippen LogP contribution in [-0.4, -0.2) is 65.7 Å². The van der Waals surface area contributed by atoms with Gasteiger partial charge in [0.25, 0.3) is 0 Å². The topological polar surface area (TPSA) is 57.7 Å². The number of pyridine rings is 1. The molecule has 6 nitrogen and oxygen atoms in total. The third kappa shape index (κ3) is 4.24. The lowest BCUT2D eigenvalue weighted by Crippen LogP contribution is -2.58. The summed E-state index contributed by atoms with van der Waals surface area (Å²) in [5.74, 6) is 0. The molecule has 2 fully saturated rings. The van der Waals surface area contributed by atoms with Crippen molar-refractivity contribution in [3.05, 3.63) is 29.6 Å². The Labute approximate surface area is 144 Å². The van der Waals surface area contributed by atoms with Crippen LogP contribution in [0.25, 0.3) is 0 Å². The van der Waals surface area contributed by atoms with Crippen molar-refractivity contribution in [2.45, 2.75) is 45.3 Å². The summed E-state index contributed by atoms with van der Waals surface area (Å²) in [6.45, 7) is 9.05. The zero-order valence-electron chi connectivity index (χ0n) is 14.7. The summed E-state index contributed by atoms with van der Waals surface area (Å²) >= 11 is 0. The maximum absolute atomic E-state index is 12.5. The Bertz CT molecular complexity index is 560. The van der Waals surface area contributed by atoms with E-state index < -0.39 is 0 Å². The summed E-state index contributed by atoms with van der Waals surface area (Å²) in [6.07, 6.45) is 4.00. The molecule has 0 saturated carbocycles. The van der Waals surface area contributed by atoms with Gasteiger partial charge >= 0.3 is 6.03 Å². The van der Waals surface area contributed by atoms with E-state index in [9.17, 15) is 4.79 Å². The van der Waals surface area contributed by atoms with E-state index in [1.807, 2.05) is 24.0 Å². The molecule has 1 atom stereocenters. The molecular formula is C18H28N4O2. The number of ether oxygens (including phenoxy) is 1. The Morgan fingerprint density at radius 2 is 2.17 bits per heavy atom. The number of carbonyl (C=O) groups excluding carboxylic acids is 1. The lowest BCUT2D eigenvalue weighted by atomic mass is 10.0. The van der Waals surface area contributed by atoms with Gasteiger partial charge in [0.05, 0.1) is 12.2 Å². The van der Waals surface area contributed by atoms with Gasteiger partial charge in [0.15, 0.2) is 0 Å². The molecule has 0 aliphatic carbocycles. The molecule has 2 aliphatic rings. The summed E-state index contributed by atoms with van der Waals surface area (Å²) in [6, 6.07) is 4.82. The summed E-state index contributed by atoms with van der Waals surface area (Å²) in [4.78, 5) is 21.3. The van der Waals surface area contributed by atoms with E-state index in [0.717, 1.165) is 56.9 Å². The van der Waals surface area contributed by atoms with Crippen molar-refractivity contribution in [2.24, 2.45) is 0 Å². The first-order valence-corrected chi connectivity index (χ1v) is 8.91. The van der Waals surface area contributed by atoms with Gasteiger partial charge in [0, 0.05) is 51.1 Å². The second-order valence-electron chi connectivity index (χ2n) is 6.86. The van der Waals surface area contributed by atoms with Crippen LogP contribution in [0.2, 0.25) is 0 Å². The van der Waals surface area contributed by atoms with E-state index in [1.54, 1.807) is 6.20 Å². The van der Waals surface area contributed by atoms with Crippen LogP contribution in [-0.2, 0) is 11.3 Å². The Morgan fingerprint density at radius 3 is 2.88 bits per heavy atom. The molecule has 132 valence electrons. The monoisotopic (exact) mass is 332 g/mol. The van der Waals surface area contributed by atoms with Crippen molar-refractivity contribution < 1.29 is 9.53 Å². The van der Waals surface area contributed by atoms with E-state index in [0.29, 0.717) is 12.6 Å². The summed E-state index contributed by atoms with van der Waals surface area (Å²) in [5.41, 5.74) is 2.06. The van der Waals surface area contributed by atoms with Gasteiger partial charge in [-0.3, -0.25) is 9.88 Å². The molecule has 0 unspecified atom stereocenters. The summed E-state index contributed by atoms with van der Waals surface area (Å²) in [7, 11) is 0. The van der Waals surface area contributed by atoms with Crippen LogP contribution in [0.15, 0.2) is 18.3 Å². The molecule has 0 radical (unpaired) electrons. The van der Waals surface area contributed by atoms with Gasteiger partial charge in [-0.15, -0.1) is 0 Å². The number of nitrogens with one attached hydrogen (secondary N) is 1. The minimum atomic E-state index is 0.0115. The molecule has 2 aliphatic heterocycles. The van der Waals surface area contributed by atoms with Gasteiger partial charge in [-0.2, -0.15) is 0 Å². The smallest absolute Gasteiger partial charge is 0.318 e. The number of nitrogens with zero attached hydrogens (tertiary/aromatic N) is 3. The number of amides is 2.